The second-order valence-corrected chi connectivity index (χ2v) is 6.60. The Hall–Kier alpha value is -2.28. The van der Waals surface area contributed by atoms with Gasteiger partial charge in [0, 0.05) is 36.8 Å². The molecule has 0 aromatic carbocycles. The summed E-state index contributed by atoms with van der Waals surface area (Å²) in [6, 6.07) is 0.0842. The lowest BCUT2D eigenvalue weighted by Gasteiger charge is -2.28. The molecule has 1 saturated carbocycles. The molecule has 0 radical (unpaired) electrons. The van der Waals surface area contributed by atoms with E-state index in [1.807, 2.05) is 0 Å². The first kappa shape index (κ1) is 13.0. The number of ether oxygens (including phenoxy) is 1. The maximum Gasteiger partial charge on any atom is 0.270 e. The van der Waals surface area contributed by atoms with Crippen LogP contribution in [0.25, 0.3) is 5.95 Å². The van der Waals surface area contributed by atoms with Gasteiger partial charge >= 0.3 is 0 Å². The van der Waals surface area contributed by atoms with Crippen LogP contribution in [0.4, 0.5) is 0 Å². The van der Waals surface area contributed by atoms with E-state index in [1.165, 1.54) is 0 Å². The Morgan fingerprint density at radius 2 is 2.16 bits per heavy atom. The Bertz CT molecular complexity index is 909. The minimum absolute atomic E-state index is 0.0647. The number of fused-ring (bicyclic) bond motifs is 1. The molecule has 0 spiro atoms. The highest BCUT2D eigenvalue weighted by Gasteiger charge is 2.27. The highest BCUT2D eigenvalue weighted by atomic mass is 16.5. The maximum absolute atomic E-state index is 13.0. The molecular formula is C18H23N5O2. The number of amides is 1. The molecule has 1 amide bonds. The number of nitrogens with one attached hydrogen (secondary N) is 1. The fourth-order valence-corrected chi connectivity index (χ4v) is 3.67. The van der Waals surface area contributed by atoms with Crippen LogP contribution in [0.15, 0.2) is 18.6 Å². The molecule has 1 N–H and O–H groups in total. The molecule has 2 aromatic rings. The van der Waals surface area contributed by atoms with Crippen molar-refractivity contribution < 1.29 is 13.6 Å². The van der Waals surface area contributed by atoms with Crippen molar-refractivity contribution in [2.24, 2.45) is 0 Å². The molecule has 25 heavy (non-hydrogen) atoms. The molecule has 0 atom stereocenters. The van der Waals surface area contributed by atoms with Crippen molar-refractivity contribution >= 4 is 5.91 Å². The smallest absolute Gasteiger partial charge is 0.270 e. The van der Waals surface area contributed by atoms with Gasteiger partial charge < -0.3 is 10.1 Å². The summed E-state index contributed by atoms with van der Waals surface area (Å²) in [5.74, 6) is -0.179. The van der Waals surface area contributed by atoms with E-state index in [0.717, 1.165) is 60.8 Å². The molecule has 2 aliphatic rings. The molecule has 7 nitrogen and oxygen atoms in total. The van der Waals surface area contributed by atoms with Gasteiger partial charge in [-0.3, -0.25) is 9.36 Å². The monoisotopic (exact) mass is 344 g/mol. The van der Waals surface area contributed by atoms with Crippen LogP contribution >= 0.6 is 0 Å². The lowest BCUT2D eigenvalue weighted by molar-refractivity contribution is 0.0598. The van der Waals surface area contributed by atoms with E-state index in [-0.39, 0.29) is 42.7 Å². The average Bonchev–Trinajstić information content (AvgIpc) is 3.25. The summed E-state index contributed by atoms with van der Waals surface area (Å²) in [5.41, 5.74) is 1.93. The Balaban J connectivity index is 1.63. The zero-order chi connectivity index (χ0) is 19.8. The van der Waals surface area contributed by atoms with Crippen molar-refractivity contribution in [2.75, 3.05) is 7.11 Å². The van der Waals surface area contributed by atoms with Crippen molar-refractivity contribution in [1.82, 2.24) is 24.8 Å². The molecular weight excluding hydrogens is 318 g/mol. The van der Waals surface area contributed by atoms with Crippen molar-refractivity contribution in [1.29, 1.82) is 0 Å². The number of hydrogen-bond acceptors (Lipinski definition) is 5. The topological polar surface area (TPSA) is 81.9 Å². The van der Waals surface area contributed by atoms with Gasteiger partial charge in [-0.2, -0.15) is 0 Å². The second-order valence-electron chi connectivity index (χ2n) is 6.60. The molecule has 2 aromatic heterocycles. The number of methoxy groups -OCH3 is 1. The number of nitrogens with zero attached hydrogens (tertiary/aromatic N) is 4. The quantitative estimate of drug-likeness (QED) is 0.915. The van der Waals surface area contributed by atoms with Crippen molar-refractivity contribution in [3.05, 3.63) is 35.6 Å². The number of hydrogen-bond donors (Lipinski definition) is 1. The van der Waals surface area contributed by atoms with E-state index in [9.17, 15) is 4.79 Å². The van der Waals surface area contributed by atoms with E-state index in [0.29, 0.717) is 5.69 Å². The highest BCUT2D eigenvalue weighted by Crippen LogP contribution is 2.25. The molecule has 7 heteroatoms. The third-order valence-electron chi connectivity index (χ3n) is 5.05. The van der Waals surface area contributed by atoms with Gasteiger partial charge in [0.1, 0.15) is 13.4 Å². The predicted octanol–water partition coefficient (Wildman–Crippen LogP) is 1.84. The molecule has 2 heterocycles. The number of carbonyl (C=O) groups is 1. The average molecular weight is 344 g/mol. The molecule has 0 saturated heterocycles. The maximum atomic E-state index is 13.0. The van der Waals surface area contributed by atoms with Gasteiger partial charge in [0.25, 0.3) is 5.91 Å². The summed E-state index contributed by atoms with van der Waals surface area (Å²) >= 11 is 0. The van der Waals surface area contributed by atoms with Crippen molar-refractivity contribution in [2.45, 2.75) is 57.1 Å². The summed E-state index contributed by atoms with van der Waals surface area (Å²) in [4.78, 5) is 25.5. The predicted molar refractivity (Wildman–Crippen MR) is 91.7 cm³/mol. The van der Waals surface area contributed by atoms with Crippen LogP contribution in [0, 0.1) is 0 Å². The first-order chi connectivity index (χ1) is 13.5. The molecule has 0 aliphatic heterocycles. The zero-order valence-corrected chi connectivity index (χ0v) is 14.2. The first-order valence-electron chi connectivity index (χ1n) is 10.2. The molecule has 1 fully saturated rings. The standard InChI is InChI=1S/C18H23N5O2/c1-25-13-7-5-12(6-8-13)20-17(24)16-14-3-2-4-15(14)21-18(22-16)23-10-9-19-11-23/h9-13H,2-8H2,1H3,(H,20,24)/i9D,10D,11D. The van der Waals surface area contributed by atoms with E-state index < -0.39 is 0 Å². The van der Waals surface area contributed by atoms with E-state index >= 15 is 0 Å². The van der Waals surface area contributed by atoms with E-state index in [1.54, 1.807) is 7.11 Å². The zero-order valence-electron chi connectivity index (χ0n) is 17.2. The molecule has 0 bridgehead atoms. The number of aromatic nitrogens is 4. The number of imidazole rings is 1. The SMILES string of the molecule is [2H]c1nc([2H])n(-c2nc3c(c(C(=O)NC4CCC(OC)CC4)n2)CCC3)c1[2H]. The lowest BCUT2D eigenvalue weighted by atomic mass is 9.93. The number of rotatable bonds is 4. The van der Waals surface area contributed by atoms with Crippen LogP contribution < -0.4 is 5.32 Å². The minimum Gasteiger partial charge on any atom is -0.381 e. The normalized spacial score (nSPS) is 24.3. The third-order valence-corrected chi connectivity index (χ3v) is 5.05. The van der Waals surface area contributed by atoms with Crippen LogP contribution in [-0.4, -0.2) is 44.7 Å². The number of carbonyl (C=O) groups excluding carboxylic acids is 1. The molecule has 0 unspecified atom stereocenters. The molecule has 132 valence electrons. The van der Waals surface area contributed by atoms with Gasteiger partial charge in [0.05, 0.1) is 8.85 Å². The van der Waals surface area contributed by atoms with Crippen molar-refractivity contribution in [3.8, 4) is 5.95 Å². The number of aryl methyl sites for hydroxylation is 1. The lowest BCUT2D eigenvalue weighted by Crippen LogP contribution is -2.39. The highest BCUT2D eigenvalue weighted by molar-refractivity contribution is 5.94. The second kappa shape index (κ2) is 6.92. The fraction of sp³-hybridized carbons (Fsp3) is 0.556. The summed E-state index contributed by atoms with van der Waals surface area (Å²) in [6.07, 6.45) is 5.33. The van der Waals surface area contributed by atoms with E-state index in [4.69, 9.17) is 8.85 Å². The van der Waals surface area contributed by atoms with Gasteiger partial charge in [-0.15, -0.1) is 0 Å². The van der Waals surface area contributed by atoms with Gasteiger partial charge in [0.2, 0.25) is 5.95 Å². The fourth-order valence-electron chi connectivity index (χ4n) is 3.67. The Labute approximate surface area is 151 Å². The Kier molecular flexibility index (Phi) is 3.59. The van der Waals surface area contributed by atoms with Gasteiger partial charge in [-0.1, -0.05) is 0 Å². The van der Waals surface area contributed by atoms with Gasteiger partial charge in [0.15, 0.2) is 0 Å². The van der Waals surface area contributed by atoms with Crippen LogP contribution in [0.5, 0.6) is 0 Å². The van der Waals surface area contributed by atoms with Crippen LogP contribution in [0.2, 0.25) is 0 Å². The summed E-state index contributed by atoms with van der Waals surface area (Å²) in [6.45, 7) is 0. The summed E-state index contributed by atoms with van der Waals surface area (Å²) in [7, 11) is 1.72. The minimum atomic E-state index is -0.310. The third kappa shape index (κ3) is 3.28. The Morgan fingerprint density at radius 1 is 1.32 bits per heavy atom. The van der Waals surface area contributed by atoms with Crippen LogP contribution in [0.3, 0.4) is 0 Å². The van der Waals surface area contributed by atoms with E-state index in [2.05, 4.69) is 20.3 Å². The largest absolute Gasteiger partial charge is 0.381 e. The summed E-state index contributed by atoms with van der Waals surface area (Å²) in [5, 5.41) is 3.08. The van der Waals surface area contributed by atoms with Crippen LogP contribution in [-0.2, 0) is 17.6 Å². The first-order valence-corrected chi connectivity index (χ1v) is 8.74. The van der Waals surface area contributed by atoms with Crippen molar-refractivity contribution in [3.63, 3.8) is 0 Å². The molecule has 4 rings (SSSR count). The van der Waals surface area contributed by atoms with Crippen LogP contribution in [0.1, 0.15) is 58.0 Å². The van der Waals surface area contributed by atoms with Gasteiger partial charge in [-0.25, -0.2) is 15.0 Å². The van der Waals surface area contributed by atoms with Gasteiger partial charge in [-0.05, 0) is 44.9 Å². The Morgan fingerprint density at radius 3 is 2.88 bits per heavy atom. The molecule has 2 aliphatic carbocycles. The summed E-state index contributed by atoms with van der Waals surface area (Å²) < 4.78 is 30.0.